The van der Waals surface area contributed by atoms with Gasteiger partial charge in [0.1, 0.15) is 12.1 Å². The molecule has 0 aliphatic heterocycles. The Balaban J connectivity index is 2.13. The number of rotatable bonds is 5. The first-order valence-corrected chi connectivity index (χ1v) is 7.90. The molecular formula is C16H15Cl2N3O3. The van der Waals surface area contributed by atoms with Crippen LogP contribution in [0.3, 0.4) is 0 Å². The van der Waals surface area contributed by atoms with Crippen molar-refractivity contribution in [1.29, 1.82) is 0 Å². The highest BCUT2D eigenvalue weighted by atomic mass is 35.5. The first-order valence-electron chi connectivity index (χ1n) is 7.15. The molecule has 6 nitrogen and oxygen atoms in total. The first kappa shape index (κ1) is 18.0. The van der Waals surface area contributed by atoms with Gasteiger partial charge in [0, 0.05) is 12.7 Å². The molecular weight excluding hydrogens is 353 g/mol. The number of para-hydroxylation sites is 1. The molecule has 24 heavy (non-hydrogen) atoms. The lowest BCUT2D eigenvalue weighted by Gasteiger charge is -2.20. The van der Waals surface area contributed by atoms with Gasteiger partial charge in [-0.3, -0.25) is 14.4 Å². The van der Waals surface area contributed by atoms with Crippen molar-refractivity contribution >= 4 is 40.7 Å². The van der Waals surface area contributed by atoms with Crippen LogP contribution in [0.1, 0.15) is 17.3 Å². The smallest absolute Gasteiger partial charge is 0.260 e. The van der Waals surface area contributed by atoms with Crippen LogP contribution in [-0.2, 0) is 4.79 Å². The molecule has 0 aliphatic rings. The number of hydrogen-bond acceptors (Lipinski definition) is 3. The summed E-state index contributed by atoms with van der Waals surface area (Å²) < 4.78 is 0. The molecule has 1 aromatic heterocycles. The average Bonchev–Trinajstić information content (AvgIpc) is 2.56. The number of nitrogens with one attached hydrogen (secondary N) is 2. The Morgan fingerprint density at radius 1 is 1.17 bits per heavy atom. The monoisotopic (exact) mass is 367 g/mol. The summed E-state index contributed by atoms with van der Waals surface area (Å²) in [4.78, 5) is 40.0. The standard InChI is InChI=1S/C16H15Cl2N3O3/c1-2-21(16(24)10-5-4-8-19-15(10)23)9-13(22)20-14-11(17)6-3-7-12(14)18/h3-8H,2,9H2,1H3,(H,19,23)(H,20,22). The Morgan fingerprint density at radius 2 is 1.83 bits per heavy atom. The van der Waals surface area contributed by atoms with Gasteiger partial charge in [-0.2, -0.15) is 0 Å². The molecule has 0 unspecified atom stereocenters. The van der Waals surface area contributed by atoms with Crippen molar-refractivity contribution < 1.29 is 9.59 Å². The fraction of sp³-hybridized carbons (Fsp3) is 0.188. The molecule has 1 heterocycles. The second kappa shape index (κ2) is 7.99. The lowest BCUT2D eigenvalue weighted by molar-refractivity contribution is -0.116. The zero-order valence-electron chi connectivity index (χ0n) is 12.8. The Morgan fingerprint density at radius 3 is 2.42 bits per heavy atom. The number of halogens is 2. The average molecular weight is 368 g/mol. The topological polar surface area (TPSA) is 82.3 Å². The molecule has 0 spiro atoms. The number of aromatic nitrogens is 1. The Labute approximate surface area is 148 Å². The maximum absolute atomic E-state index is 12.4. The van der Waals surface area contributed by atoms with Crippen LogP contribution in [0, 0.1) is 0 Å². The van der Waals surface area contributed by atoms with E-state index in [2.05, 4.69) is 10.3 Å². The maximum atomic E-state index is 12.4. The second-order valence-corrected chi connectivity index (χ2v) is 5.69. The van der Waals surface area contributed by atoms with Gasteiger partial charge in [0.05, 0.1) is 15.7 Å². The van der Waals surface area contributed by atoms with Crippen LogP contribution in [0.25, 0.3) is 0 Å². The first-order chi connectivity index (χ1) is 11.4. The van der Waals surface area contributed by atoms with E-state index in [0.29, 0.717) is 10.0 Å². The summed E-state index contributed by atoms with van der Waals surface area (Å²) in [6.07, 6.45) is 1.43. The van der Waals surface area contributed by atoms with Gasteiger partial charge in [-0.25, -0.2) is 0 Å². The zero-order chi connectivity index (χ0) is 17.7. The minimum atomic E-state index is -0.528. The molecule has 2 aromatic rings. The van der Waals surface area contributed by atoms with E-state index in [1.807, 2.05) is 0 Å². The van der Waals surface area contributed by atoms with E-state index in [0.717, 1.165) is 0 Å². The van der Waals surface area contributed by atoms with Gasteiger partial charge in [-0.05, 0) is 31.2 Å². The molecule has 2 rings (SSSR count). The van der Waals surface area contributed by atoms with Crippen LogP contribution in [0.2, 0.25) is 10.0 Å². The second-order valence-electron chi connectivity index (χ2n) is 4.88. The number of pyridine rings is 1. The third kappa shape index (κ3) is 4.15. The van der Waals surface area contributed by atoms with Crippen molar-refractivity contribution in [3.63, 3.8) is 0 Å². The van der Waals surface area contributed by atoms with E-state index in [9.17, 15) is 14.4 Å². The van der Waals surface area contributed by atoms with Gasteiger partial charge in [0.2, 0.25) is 5.91 Å². The summed E-state index contributed by atoms with van der Waals surface area (Å²) in [6.45, 7) is 1.74. The number of hydrogen-bond donors (Lipinski definition) is 2. The Hall–Kier alpha value is -2.31. The molecule has 0 fully saturated rings. The number of amides is 2. The highest BCUT2D eigenvalue weighted by Gasteiger charge is 2.20. The van der Waals surface area contributed by atoms with Crippen molar-refractivity contribution in [2.24, 2.45) is 0 Å². The minimum absolute atomic E-state index is 0.0251. The number of benzene rings is 1. The van der Waals surface area contributed by atoms with Gasteiger partial charge in [-0.15, -0.1) is 0 Å². The number of nitrogens with zero attached hydrogens (tertiary/aromatic N) is 1. The van der Waals surface area contributed by atoms with Crippen LogP contribution in [0.4, 0.5) is 5.69 Å². The zero-order valence-corrected chi connectivity index (χ0v) is 14.3. The van der Waals surface area contributed by atoms with Crippen molar-refractivity contribution in [3.05, 3.63) is 62.5 Å². The SMILES string of the molecule is CCN(CC(=O)Nc1c(Cl)cccc1Cl)C(=O)c1ccc[nH]c1=O. The van der Waals surface area contributed by atoms with E-state index < -0.39 is 17.4 Å². The number of anilines is 1. The summed E-state index contributed by atoms with van der Waals surface area (Å²) in [7, 11) is 0. The highest BCUT2D eigenvalue weighted by molar-refractivity contribution is 6.39. The van der Waals surface area contributed by atoms with Crippen LogP contribution in [0.15, 0.2) is 41.3 Å². The lowest BCUT2D eigenvalue weighted by Crippen LogP contribution is -2.40. The largest absolute Gasteiger partial charge is 0.329 e. The number of carbonyl (C=O) groups is 2. The molecule has 0 saturated carbocycles. The van der Waals surface area contributed by atoms with Crippen molar-refractivity contribution in [3.8, 4) is 0 Å². The predicted molar refractivity (Wildman–Crippen MR) is 93.7 cm³/mol. The number of carbonyl (C=O) groups excluding carboxylic acids is 2. The van der Waals surface area contributed by atoms with E-state index >= 15 is 0 Å². The van der Waals surface area contributed by atoms with Crippen LogP contribution < -0.4 is 10.9 Å². The van der Waals surface area contributed by atoms with Crippen LogP contribution in [0.5, 0.6) is 0 Å². The van der Waals surface area contributed by atoms with Gasteiger partial charge in [0.15, 0.2) is 0 Å². The van der Waals surface area contributed by atoms with Crippen LogP contribution >= 0.6 is 23.2 Å². The Bertz CT molecular complexity index is 800. The Kier molecular flexibility index (Phi) is 6.00. The normalized spacial score (nSPS) is 10.3. The molecule has 2 N–H and O–H groups in total. The molecule has 8 heteroatoms. The molecule has 0 atom stereocenters. The molecule has 2 amide bonds. The summed E-state index contributed by atoms with van der Waals surface area (Å²) in [5, 5.41) is 3.17. The van der Waals surface area contributed by atoms with Crippen LogP contribution in [-0.4, -0.2) is 34.8 Å². The minimum Gasteiger partial charge on any atom is -0.329 e. The number of H-pyrrole nitrogens is 1. The third-order valence-corrected chi connectivity index (χ3v) is 3.91. The fourth-order valence-corrected chi connectivity index (χ4v) is 2.55. The summed E-state index contributed by atoms with van der Waals surface area (Å²) in [6, 6.07) is 7.80. The molecule has 0 saturated heterocycles. The third-order valence-electron chi connectivity index (χ3n) is 3.28. The van der Waals surface area contributed by atoms with Crippen molar-refractivity contribution in [2.75, 3.05) is 18.4 Å². The molecule has 0 aliphatic carbocycles. The number of aromatic amines is 1. The fourth-order valence-electron chi connectivity index (χ4n) is 2.06. The summed E-state index contributed by atoms with van der Waals surface area (Å²) in [5.41, 5.74) is -0.245. The highest BCUT2D eigenvalue weighted by Crippen LogP contribution is 2.29. The molecule has 1 aromatic carbocycles. The summed E-state index contributed by atoms with van der Waals surface area (Å²) >= 11 is 12.0. The quantitative estimate of drug-likeness (QED) is 0.852. The van der Waals surface area contributed by atoms with E-state index in [-0.39, 0.29) is 24.3 Å². The lowest BCUT2D eigenvalue weighted by atomic mass is 10.2. The maximum Gasteiger partial charge on any atom is 0.260 e. The summed E-state index contributed by atoms with van der Waals surface area (Å²) in [5.74, 6) is -0.993. The van der Waals surface area contributed by atoms with Gasteiger partial charge in [0.25, 0.3) is 11.5 Å². The van der Waals surface area contributed by atoms with Gasteiger partial charge < -0.3 is 15.2 Å². The van der Waals surface area contributed by atoms with Gasteiger partial charge >= 0.3 is 0 Å². The molecule has 126 valence electrons. The molecule has 0 radical (unpaired) electrons. The molecule has 0 bridgehead atoms. The van der Waals surface area contributed by atoms with E-state index in [1.54, 1.807) is 31.2 Å². The van der Waals surface area contributed by atoms with E-state index in [4.69, 9.17) is 23.2 Å². The number of likely N-dealkylation sites (N-methyl/N-ethyl adjacent to an activating group) is 1. The van der Waals surface area contributed by atoms with E-state index in [1.165, 1.54) is 17.2 Å². The predicted octanol–water partition coefficient (Wildman–Crippen LogP) is 2.78. The van der Waals surface area contributed by atoms with Crippen molar-refractivity contribution in [1.82, 2.24) is 9.88 Å². The van der Waals surface area contributed by atoms with Gasteiger partial charge in [-0.1, -0.05) is 29.3 Å². The van der Waals surface area contributed by atoms with Crippen molar-refractivity contribution in [2.45, 2.75) is 6.92 Å².